The molecular formula is C29H20F4. The average molecular weight is 444 g/mol. The summed E-state index contributed by atoms with van der Waals surface area (Å²) in [6.45, 7) is 1.98. The van der Waals surface area contributed by atoms with Gasteiger partial charge in [-0.3, -0.25) is 0 Å². The highest BCUT2D eigenvalue weighted by atomic mass is 19.2. The molecule has 0 fully saturated rings. The molecule has 0 aliphatic heterocycles. The number of hydrogen-bond donors (Lipinski definition) is 0. The second kappa shape index (κ2) is 9.75. The molecule has 0 saturated carbocycles. The van der Waals surface area contributed by atoms with E-state index in [1.807, 2.05) is 37.3 Å². The Kier molecular flexibility index (Phi) is 6.60. The summed E-state index contributed by atoms with van der Waals surface area (Å²) < 4.78 is 56.6. The Hall–Kier alpha value is -3.84. The Morgan fingerprint density at radius 3 is 2.15 bits per heavy atom. The molecule has 0 aliphatic rings. The third-order valence-electron chi connectivity index (χ3n) is 5.40. The van der Waals surface area contributed by atoms with Gasteiger partial charge >= 0.3 is 0 Å². The lowest BCUT2D eigenvalue weighted by Gasteiger charge is -2.06. The molecule has 164 valence electrons. The maximum atomic E-state index is 14.7. The molecule has 0 amide bonds. The molecule has 0 nitrogen and oxygen atoms in total. The number of hydrogen-bond acceptors (Lipinski definition) is 0. The fourth-order valence-electron chi connectivity index (χ4n) is 3.62. The second-order valence-electron chi connectivity index (χ2n) is 7.67. The lowest BCUT2D eigenvalue weighted by atomic mass is 10.00. The van der Waals surface area contributed by atoms with Crippen LogP contribution in [0.3, 0.4) is 0 Å². The molecule has 4 aromatic carbocycles. The topological polar surface area (TPSA) is 0 Å². The van der Waals surface area contributed by atoms with Crippen LogP contribution in [0.15, 0.2) is 78.9 Å². The zero-order valence-electron chi connectivity index (χ0n) is 17.9. The van der Waals surface area contributed by atoms with Crippen LogP contribution in [0, 0.1) is 35.1 Å². The lowest BCUT2D eigenvalue weighted by molar-refractivity contribution is 0.517. The summed E-state index contributed by atoms with van der Waals surface area (Å²) in [5, 5.41) is 0.571. The molecule has 0 heterocycles. The summed E-state index contributed by atoms with van der Waals surface area (Å²) in [5.74, 6) is 1.84. The van der Waals surface area contributed by atoms with Gasteiger partial charge in [-0.1, -0.05) is 60.4 Å². The highest BCUT2D eigenvalue weighted by Crippen LogP contribution is 2.25. The van der Waals surface area contributed by atoms with E-state index < -0.39 is 23.3 Å². The molecule has 0 aliphatic carbocycles. The van der Waals surface area contributed by atoms with Crippen LogP contribution >= 0.6 is 0 Å². The van der Waals surface area contributed by atoms with Gasteiger partial charge in [0.15, 0.2) is 11.6 Å². The van der Waals surface area contributed by atoms with Gasteiger partial charge in [-0.2, -0.15) is 0 Å². The van der Waals surface area contributed by atoms with Gasteiger partial charge in [0.2, 0.25) is 0 Å². The van der Waals surface area contributed by atoms with Crippen LogP contribution in [-0.2, 0) is 6.42 Å². The monoisotopic (exact) mass is 444 g/mol. The molecule has 0 aromatic heterocycles. The third-order valence-corrected chi connectivity index (χ3v) is 5.40. The first kappa shape index (κ1) is 22.4. The summed E-state index contributed by atoms with van der Waals surface area (Å²) >= 11 is 0. The van der Waals surface area contributed by atoms with Gasteiger partial charge in [0.25, 0.3) is 0 Å². The van der Waals surface area contributed by atoms with Crippen molar-refractivity contribution < 1.29 is 17.6 Å². The molecule has 4 heteroatoms. The molecule has 0 bridgehead atoms. The fraction of sp³-hybridized carbons (Fsp3) is 0.103. The van der Waals surface area contributed by atoms with E-state index in [2.05, 4.69) is 17.9 Å². The van der Waals surface area contributed by atoms with E-state index in [1.54, 1.807) is 6.07 Å². The van der Waals surface area contributed by atoms with E-state index in [9.17, 15) is 17.6 Å². The van der Waals surface area contributed by atoms with Gasteiger partial charge in [-0.25, -0.2) is 17.6 Å². The molecule has 4 rings (SSSR count). The van der Waals surface area contributed by atoms with Crippen LogP contribution in [0.25, 0.3) is 21.9 Å². The summed E-state index contributed by atoms with van der Waals surface area (Å²) in [4.78, 5) is 0. The normalized spacial score (nSPS) is 11.1. The Morgan fingerprint density at radius 1 is 0.727 bits per heavy atom. The van der Waals surface area contributed by atoms with Crippen LogP contribution in [0.2, 0.25) is 0 Å². The minimum Gasteiger partial charge on any atom is -0.205 e. The summed E-state index contributed by atoms with van der Waals surface area (Å²) in [6, 6.07) is 17.0. The summed E-state index contributed by atoms with van der Waals surface area (Å²) in [6.07, 6.45) is 5.94. The molecule has 4 aromatic rings. The lowest BCUT2D eigenvalue weighted by Crippen LogP contribution is -1.93. The molecule has 0 atom stereocenters. The number of rotatable bonds is 4. The number of aryl methyl sites for hydroxylation is 1. The minimum absolute atomic E-state index is 0.120. The van der Waals surface area contributed by atoms with Gasteiger partial charge in [0.1, 0.15) is 11.6 Å². The Morgan fingerprint density at radius 2 is 1.45 bits per heavy atom. The maximum absolute atomic E-state index is 14.7. The van der Waals surface area contributed by atoms with Crippen molar-refractivity contribution in [2.45, 2.75) is 19.8 Å². The fourth-order valence-corrected chi connectivity index (χ4v) is 3.62. The SMILES string of the molecule is C/C=C/CCc1ccc(-c2cc(F)c(C#Cc3ccc4c(F)c(F)ccc4c3)c(F)c2)cc1. The van der Waals surface area contributed by atoms with Crippen LogP contribution in [-0.4, -0.2) is 0 Å². The Labute approximate surface area is 190 Å². The van der Waals surface area contributed by atoms with Crippen molar-refractivity contribution in [3.8, 4) is 23.0 Å². The molecule has 0 spiro atoms. The zero-order valence-corrected chi connectivity index (χ0v) is 17.9. The predicted octanol–water partition coefficient (Wildman–Crippen LogP) is 7.97. The van der Waals surface area contributed by atoms with Gasteiger partial charge in [-0.15, -0.1) is 0 Å². The second-order valence-corrected chi connectivity index (χ2v) is 7.67. The van der Waals surface area contributed by atoms with Crippen LogP contribution < -0.4 is 0 Å². The van der Waals surface area contributed by atoms with Crippen LogP contribution in [0.5, 0.6) is 0 Å². The Balaban J connectivity index is 1.59. The molecule has 0 N–H and O–H groups in total. The van der Waals surface area contributed by atoms with Gasteiger partial charge < -0.3 is 0 Å². The minimum atomic E-state index is -0.939. The van der Waals surface area contributed by atoms with Crippen LogP contribution in [0.4, 0.5) is 17.6 Å². The number of allylic oxidation sites excluding steroid dienone is 2. The highest BCUT2D eigenvalue weighted by Gasteiger charge is 2.11. The van der Waals surface area contributed by atoms with Gasteiger partial charge in [0.05, 0.1) is 5.56 Å². The molecule has 0 radical (unpaired) electrons. The van der Waals surface area contributed by atoms with E-state index >= 15 is 0 Å². The third kappa shape index (κ3) is 4.99. The van der Waals surface area contributed by atoms with Crippen molar-refractivity contribution in [2.24, 2.45) is 0 Å². The number of halogens is 4. The van der Waals surface area contributed by atoms with Crippen molar-refractivity contribution in [3.63, 3.8) is 0 Å². The van der Waals surface area contributed by atoms with Crippen molar-refractivity contribution in [2.75, 3.05) is 0 Å². The van der Waals surface area contributed by atoms with Crippen molar-refractivity contribution in [1.82, 2.24) is 0 Å². The number of fused-ring (bicyclic) bond motifs is 1. The summed E-state index contributed by atoms with van der Waals surface area (Å²) in [5.41, 5.74) is 2.39. The number of benzene rings is 4. The standard InChI is InChI=1S/C29H20F4/c1-2-3-4-5-19-6-10-21(11-7-19)23-17-27(31)25(28(32)18-23)14-9-20-8-13-24-22(16-20)12-15-26(30)29(24)33/h2-3,6-8,10-13,15-18H,4-5H2,1H3/b3-2+. The molecule has 0 unspecified atom stereocenters. The van der Waals surface area contributed by atoms with Crippen molar-refractivity contribution in [1.29, 1.82) is 0 Å². The Bertz CT molecular complexity index is 1380. The maximum Gasteiger partial charge on any atom is 0.166 e. The molecule has 33 heavy (non-hydrogen) atoms. The van der Waals surface area contributed by atoms with Gasteiger partial charge in [0, 0.05) is 10.9 Å². The highest BCUT2D eigenvalue weighted by molar-refractivity contribution is 5.84. The van der Waals surface area contributed by atoms with Crippen LogP contribution in [0.1, 0.15) is 30.0 Å². The average Bonchev–Trinajstić information content (AvgIpc) is 2.81. The van der Waals surface area contributed by atoms with E-state index in [4.69, 9.17) is 0 Å². The summed E-state index contributed by atoms with van der Waals surface area (Å²) in [7, 11) is 0. The first-order valence-corrected chi connectivity index (χ1v) is 10.6. The smallest absolute Gasteiger partial charge is 0.166 e. The van der Waals surface area contributed by atoms with E-state index in [0.29, 0.717) is 22.1 Å². The van der Waals surface area contributed by atoms with Gasteiger partial charge in [-0.05, 0) is 72.2 Å². The quantitative estimate of drug-likeness (QED) is 0.170. The molecule has 0 saturated heterocycles. The van der Waals surface area contributed by atoms with E-state index in [-0.39, 0.29) is 10.9 Å². The first-order chi connectivity index (χ1) is 16.0. The van der Waals surface area contributed by atoms with E-state index in [1.165, 1.54) is 30.3 Å². The largest absolute Gasteiger partial charge is 0.205 e. The molecular weight excluding hydrogens is 424 g/mol. The zero-order chi connectivity index (χ0) is 23.4. The first-order valence-electron chi connectivity index (χ1n) is 10.6. The predicted molar refractivity (Wildman–Crippen MR) is 125 cm³/mol. The van der Waals surface area contributed by atoms with Crippen molar-refractivity contribution >= 4 is 10.8 Å². The van der Waals surface area contributed by atoms with E-state index in [0.717, 1.165) is 24.5 Å². The van der Waals surface area contributed by atoms with Crippen molar-refractivity contribution in [3.05, 3.63) is 119 Å².